The van der Waals surface area contributed by atoms with Crippen LogP contribution in [0.2, 0.25) is 5.15 Å². The van der Waals surface area contributed by atoms with E-state index in [-0.39, 0.29) is 11.1 Å². The average molecular weight is 340 g/mol. The SMILES string of the molecule is Cc1ccc(Br)c(C(=O)Nc2c(C)ccnc2Cl)c1. The van der Waals surface area contributed by atoms with Crippen molar-refractivity contribution in [3.63, 3.8) is 0 Å². The molecule has 1 amide bonds. The third-order valence-corrected chi connectivity index (χ3v) is 3.70. The Balaban J connectivity index is 2.34. The van der Waals surface area contributed by atoms with Crippen molar-refractivity contribution in [3.8, 4) is 0 Å². The van der Waals surface area contributed by atoms with E-state index < -0.39 is 0 Å². The number of hydrogen-bond donors (Lipinski definition) is 1. The van der Waals surface area contributed by atoms with Crippen LogP contribution in [-0.2, 0) is 0 Å². The highest BCUT2D eigenvalue weighted by Gasteiger charge is 2.13. The number of aromatic nitrogens is 1. The molecular formula is C14H12BrClN2O. The van der Waals surface area contributed by atoms with Crippen LogP contribution in [0.3, 0.4) is 0 Å². The van der Waals surface area contributed by atoms with Crippen molar-refractivity contribution in [3.05, 3.63) is 56.8 Å². The van der Waals surface area contributed by atoms with E-state index in [1.807, 2.05) is 32.0 Å². The van der Waals surface area contributed by atoms with E-state index in [1.165, 1.54) is 0 Å². The Morgan fingerprint density at radius 2 is 2.05 bits per heavy atom. The Morgan fingerprint density at radius 3 is 2.74 bits per heavy atom. The number of rotatable bonds is 2. The largest absolute Gasteiger partial charge is 0.319 e. The molecule has 0 fully saturated rings. The summed E-state index contributed by atoms with van der Waals surface area (Å²) in [4.78, 5) is 16.2. The van der Waals surface area contributed by atoms with Gasteiger partial charge in [0.25, 0.3) is 5.91 Å². The summed E-state index contributed by atoms with van der Waals surface area (Å²) in [6.07, 6.45) is 1.61. The van der Waals surface area contributed by atoms with Gasteiger partial charge in [-0.05, 0) is 53.5 Å². The molecule has 19 heavy (non-hydrogen) atoms. The molecule has 1 aromatic carbocycles. The molecule has 0 spiro atoms. The van der Waals surface area contributed by atoms with Crippen molar-refractivity contribution in [1.29, 1.82) is 0 Å². The zero-order valence-electron chi connectivity index (χ0n) is 10.5. The molecule has 2 rings (SSSR count). The minimum atomic E-state index is -0.214. The van der Waals surface area contributed by atoms with E-state index in [9.17, 15) is 4.79 Å². The first-order chi connectivity index (χ1) is 8.99. The van der Waals surface area contributed by atoms with Gasteiger partial charge in [0.2, 0.25) is 0 Å². The van der Waals surface area contributed by atoms with Crippen LogP contribution in [0.5, 0.6) is 0 Å². The predicted molar refractivity (Wildman–Crippen MR) is 80.8 cm³/mol. The van der Waals surface area contributed by atoms with E-state index in [0.29, 0.717) is 11.3 Å². The number of hydrogen-bond acceptors (Lipinski definition) is 2. The molecule has 2 aromatic rings. The van der Waals surface area contributed by atoms with Crippen molar-refractivity contribution < 1.29 is 4.79 Å². The van der Waals surface area contributed by atoms with Crippen LogP contribution < -0.4 is 5.32 Å². The number of amides is 1. The maximum atomic E-state index is 12.3. The maximum Gasteiger partial charge on any atom is 0.256 e. The van der Waals surface area contributed by atoms with Crippen molar-refractivity contribution in [2.75, 3.05) is 5.32 Å². The average Bonchev–Trinajstić information content (AvgIpc) is 2.37. The molecule has 1 heterocycles. The summed E-state index contributed by atoms with van der Waals surface area (Å²) in [6.45, 7) is 3.81. The fraction of sp³-hybridized carbons (Fsp3) is 0.143. The number of halogens is 2. The second-order valence-corrected chi connectivity index (χ2v) is 5.44. The third-order valence-electron chi connectivity index (χ3n) is 2.72. The summed E-state index contributed by atoms with van der Waals surface area (Å²) in [5.41, 5.74) is 3.00. The Hall–Kier alpha value is -1.39. The fourth-order valence-electron chi connectivity index (χ4n) is 1.67. The van der Waals surface area contributed by atoms with Gasteiger partial charge in [-0.2, -0.15) is 0 Å². The van der Waals surface area contributed by atoms with Gasteiger partial charge >= 0.3 is 0 Å². The number of anilines is 1. The lowest BCUT2D eigenvalue weighted by atomic mass is 10.1. The number of benzene rings is 1. The van der Waals surface area contributed by atoms with E-state index in [0.717, 1.165) is 15.6 Å². The molecule has 0 atom stereocenters. The summed E-state index contributed by atoms with van der Waals surface area (Å²) in [5.74, 6) is -0.214. The molecule has 0 aliphatic carbocycles. The molecule has 1 aromatic heterocycles. The van der Waals surface area contributed by atoms with E-state index in [4.69, 9.17) is 11.6 Å². The van der Waals surface area contributed by atoms with E-state index >= 15 is 0 Å². The Morgan fingerprint density at radius 1 is 1.32 bits per heavy atom. The number of carbonyl (C=O) groups excluding carboxylic acids is 1. The molecule has 0 aliphatic heterocycles. The minimum absolute atomic E-state index is 0.214. The Kier molecular flexibility index (Phi) is 4.22. The van der Waals surface area contributed by atoms with Gasteiger partial charge in [-0.25, -0.2) is 4.98 Å². The normalized spacial score (nSPS) is 10.3. The first-order valence-corrected chi connectivity index (χ1v) is 6.84. The van der Waals surface area contributed by atoms with Crippen LogP contribution in [0, 0.1) is 13.8 Å². The molecule has 3 nitrogen and oxygen atoms in total. The maximum absolute atomic E-state index is 12.3. The fourth-order valence-corrected chi connectivity index (χ4v) is 2.35. The quantitative estimate of drug-likeness (QED) is 0.826. The van der Waals surface area contributed by atoms with Crippen molar-refractivity contribution in [2.45, 2.75) is 13.8 Å². The van der Waals surface area contributed by atoms with E-state index in [2.05, 4.69) is 26.2 Å². The van der Waals surface area contributed by atoms with Gasteiger partial charge in [-0.15, -0.1) is 0 Å². The Bertz CT molecular complexity index is 623. The highest BCUT2D eigenvalue weighted by atomic mass is 79.9. The molecule has 0 saturated heterocycles. The highest BCUT2D eigenvalue weighted by molar-refractivity contribution is 9.10. The van der Waals surface area contributed by atoms with Crippen LogP contribution in [-0.4, -0.2) is 10.9 Å². The number of pyridine rings is 1. The van der Waals surface area contributed by atoms with Gasteiger partial charge in [0.05, 0.1) is 11.3 Å². The molecule has 0 radical (unpaired) electrons. The van der Waals surface area contributed by atoms with Gasteiger partial charge in [-0.3, -0.25) is 4.79 Å². The number of nitrogens with zero attached hydrogens (tertiary/aromatic N) is 1. The summed E-state index contributed by atoms with van der Waals surface area (Å²) in [6, 6.07) is 7.40. The minimum Gasteiger partial charge on any atom is -0.319 e. The van der Waals surface area contributed by atoms with Crippen LogP contribution in [0.15, 0.2) is 34.9 Å². The zero-order chi connectivity index (χ0) is 14.0. The first-order valence-electron chi connectivity index (χ1n) is 5.67. The lowest BCUT2D eigenvalue weighted by Gasteiger charge is -2.11. The lowest BCUT2D eigenvalue weighted by molar-refractivity contribution is 0.102. The van der Waals surface area contributed by atoms with Gasteiger partial charge in [0.1, 0.15) is 0 Å². The molecule has 0 unspecified atom stereocenters. The molecule has 0 saturated carbocycles. The molecule has 1 N–H and O–H groups in total. The second kappa shape index (κ2) is 5.72. The molecule has 0 bridgehead atoms. The van der Waals surface area contributed by atoms with Crippen LogP contribution >= 0.6 is 27.5 Å². The van der Waals surface area contributed by atoms with Crippen molar-refractivity contribution >= 4 is 39.1 Å². The standard InChI is InChI=1S/C14H12BrClN2O/c1-8-3-4-11(15)10(7-8)14(19)18-12-9(2)5-6-17-13(12)16/h3-7H,1-2H3,(H,18,19). The molecule has 98 valence electrons. The van der Waals surface area contributed by atoms with Crippen LogP contribution in [0.25, 0.3) is 0 Å². The van der Waals surface area contributed by atoms with Gasteiger partial charge in [0, 0.05) is 10.7 Å². The third kappa shape index (κ3) is 3.14. The predicted octanol–water partition coefficient (Wildman–Crippen LogP) is 4.37. The van der Waals surface area contributed by atoms with Crippen LogP contribution in [0.4, 0.5) is 5.69 Å². The van der Waals surface area contributed by atoms with E-state index in [1.54, 1.807) is 12.3 Å². The highest BCUT2D eigenvalue weighted by Crippen LogP contribution is 2.25. The summed E-state index contributed by atoms with van der Waals surface area (Å²) >= 11 is 9.37. The molecular weight excluding hydrogens is 328 g/mol. The summed E-state index contributed by atoms with van der Waals surface area (Å²) < 4.78 is 0.744. The van der Waals surface area contributed by atoms with Crippen molar-refractivity contribution in [2.24, 2.45) is 0 Å². The number of nitrogens with one attached hydrogen (secondary N) is 1. The molecule has 0 aliphatic rings. The van der Waals surface area contributed by atoms with Gasteiger partial charge in [-0.1, -0.05) is 23.2 Å². The number of aryl methyl sites for hydroxylation is 2. The van der Waals surface area contributed by atoms with Crippen LogP contribution in [0.1, 0.15) is 21.5 Å². The smallest absolute Gasteiger partial charge is 0.256 e. The second-order valence-electron chi connectivity index (χ2n) is 4.23. The van der Waals surface area contributed by atoms with Gasteiger partial charge < -0.3 is 5.32 Å². The zero-order valence-corrected chi connectivity index (χ0v) is 12.8. The van der Waals surface area contributed by atoms with Crippen molar-refractivity contribution in [1.82, 2.24) is 4.98 Å². The summed E-state index contributed by atoms with van der Waals surface area (Å²) in [7, 11) is 0. The topological polar surface area (TPSA) is 42.0 Å². The Labute approximate surface area is 125 Å². The lowest BCUT2D eigenvalue weighted by Crippen LogP contribution is -2.14. The number of carbonyl (C=O) groups is 1. The monoisotopic (exact) mass is 338 g/mol. The molecule has 5 heteroatoms. The van der Waals surface area contributed by atoms with Gasteiger partial charge in [0.15, 0.2) is 5.15 Å². The summed E-state index contributed by atoms with van der Waals surface area (Å²) in [5, 5.41) is 3.09. The first kappa shape index (κ1) is 14.0.